The number of benzene rings is 2. The summed E-state index contributed by atoms with van der Waals surface area (Å²) in [5.41, 5.74) is 3.54. The molecule has 0 aliphatic carbocycles. The van der Waals surface area contributed by atoms with Crippen LogP contribution in [0.15, 0.2) is 71.8 Å². The third kappa shape index (κ3) is 3.62. The predicted octanol–water partition coefficient (Wildman–Crippen LogP) is 3.66. The van der Waals surface area contributed by atoms with Crippen molar-refractivity contribution in [1.29, 1.82) is 0 Å². The Balaban J connectivity index is 1.40. The molecule has 1 aliphatic heterocycles. The zero-order valence-corrected chi connectivity index (χ0v) is 16.7. The molecule has 0 bridgehead atoms. The fourth-order valence-corrected chi connectivity index (χ4v) is 4.17. The highest BCUT2D eigenvalue weighted by molar-refractivity contribution is 5.81. The van der Waals surface area contributed by atoms with Crippen LogP contribution in [-0.2, 0) is 6.54 Å². The van der Waals surface area contributed by atoms with Gasteiger partial charge in [-0.3, -0.25) is 14.0 Å². The first-order valence-electron chi connectivity index (χ1n) is 10.4. The number of likely N-dealkylation sites (tertiary alicyclic amines) is 1. The summed E-state index contributed by atoms with van der Waals surface area (Å²) >= 11 is 0. The molecular formula is C24H24N4O2. The Kier molecular flexibility index (Phi) is 4.85. The van der Waals surface area contributed by atoms with E-state index >= 15 is 0 Å². The molecule has 0 amide bonds. The van der Waals surface area contributed by atoms with Crippen molar-refractivity contribution < 1.29 is 5.11 Å². The monoisotopic (exact) mass is 400 g/mol. The Morgan fingerprint density at radius 3 is 2.47 bits per heavy atom. The van der Waals surface area contributed by atoms with E-state index in [-0.39, 0.29) is 11.3 Å². The second kappa shape index (κ2) is 7.80. The van der Waals surface area contributed by atoms with Crippen molar-refractivity contribution >= 4 is 10.9 Å². The van der Waals surface area contributed by atoms with Crippen LogP contribution in [0.4, 0.5) is 0 Å². The van der Waals surface area contributed by atoms with Gasteiger partial charge < -0.3 is 10.0 Å². The van der Waals surface area contributed by atoms with Crippen LogP contribution in [0.1, 0.15) is 12.8 Å². The molecule has 6 heteroatoms. The molecule has 152 valence electrons. The fraction of sp³-hybridized carbons (Fsp3) is 0.250. The first-order chi connectivity index (χ1) is 14.7. The van der Waals surface area contributed by atoms with Gasteiger partial charge in [0.05, 0.1) is 18.3 Å². The molecule has 2 aromatic carbocycles. The molecule has 1 saturated heterocycles. The lowest BCUT2D eigenvalue weighted by Crippen LogP contribution is -2.24. The maximum absolute atomic E-state index is 12.8. The lowest BCUT2D eigenvalue weighted by Gasteiger charge is -2.14. The van der Waals surface area contributed by atoms with Crippen molar-refractivity contribution in [3.63, 3.8) is 0 Å². The summed E-state index contributed by atoms with van der Waals surface area (Å²) in [5, 5.41) is 15.0. The average Bonchev–Trinajstić information content (AvgIpc) is 3.42. The molecular weight excluding hydrogens is 376 g/mol. The molecule has 0 atom stereocenters. The van der Waals surface area contributed by atoms with Crippen LogP contribution in [0.3, 0.4) is 0 Å². The normalized spacial score (nSPS) is 14.5. The lowest BCUT2D eigenvalue weighted by molar-refractivity contribution is 0.318. The second-order valence-electron chi connectivity index (χ2n) is 7.83. The highest BCUT2D eigenvalue weighted by atomic mass is 16.3. The molecule has 1 fully saturated rings. The lowest BCUT2D eigenvalue weighted by atomic mass is 10.1. The Labute approximate surface area is 174 Å². The van der Waals surface area contributed by atoms with Crippen molar-refractivity contribution in [2.45, 2.75) is 19.4 Å². The molecule has 3 heterocycles. The smallest absolute Gasteiger partial charge is 0.255 e. The van der Waals surface area contributed by atoms with Crippen LogP contribution in [0.2, 0.25) is 0 Å². The molecule has 1 aliphatic rings. The van der Waals surface area contributed by atoms with Crippen LogP contribution in [0.25, 0.3) is 27.7 Å². The Hall–Kier alpha value is -3.38. The second-order valence-corrected chi connectivity index (χ2v) is 7.83. The van der Waals surface area contributed by atoms with Gasteiger partial charge in [0.15, 0.2) is 0 Å². The van der Waals surface area contributed by atoms with Gasteiger partial charge in [-0.1, -0.05) is 12.1 Å². The van der Waals surface area contributed by atoms with Crippen molar-refractivity contribution in [2.75, 3.05) is 19.6 Å². The number of phenols is 1. The van der Waals surface area contributed by atoms with Gasteiger partial charge in [-0.25, -0.2) is 0 Å². The molecule has 5 rings (SSSR count). The van der Waals surface area contributed by atoms with Crippen LogP contribution < -0.4 is 5.56 Å². The van der Waals surface area contributed by atoms with Gasteiger partial charge in [0.25, 0.3) is 5.56 Å². The van der Waals surface area contributed by atoms with E-state index in [1.165, 1.54) is 25.9 Å². The number of phenolic OH excluding ortho intramolecular Hbond substituents is 1. The van der Waals surface area contributed by atoms with Gasteiger partial charge in [-0.05, 0) is 73.5 Å². The minimum atomic E-state index is -0.0960. The van der Waals surface area contributed by atoms with Gasteiger partial charge >= 0.3 is 0 Å². The quantitative estimate of drug-likeness (QED) is 0.555. The van der Waals surface area contributed by atoms with Gasteiger partial charge in [0.2, 0.25) is 0 Å². The van der Waals surface area contributed by atoms with E-state index in [1.807, 2.05) is 35.1 Å². The van der Waals surface area contributed by atoms with Crippen LogP contribution >= 0.6 is 0 Å². The molecule has 0 spiro atoms. The number of pyridine rings is 1. The number of fused-ring (bicyclic) bond motifs is 1. The van der Waals surface area contributed by atoms with Crippen molar-refractivity contribution in [2.24, 2.45) is 0 Å². The first kappa shape index (κ1) is 18.6. The first-order valence-corrected chi connectivity index (χ1v) is 10.4. The zero-order chi connectivity index (χ0) is 20.5. The van der Waals surface area contributed by atoms with E-state index in [1.54, 1.807) is 41.1 Å². The molecule has 6 nitrogen and oxygen atoms in total. The standard InChI is InChI=1S/C24H24N4O2/c29-22-6-3-18(4-7-22)19-9-12-27(24(30)16-19)21-5-8-23-20(15-21)17-25-28(23)14-13-26-10-1-2-11-26/h3-9,12,15-17,29H,1-2,10-11,13-14H2. The maximum Gasteiger partial charge on any atom is 0.255 e. The summed E-state index contributed by atoms with van der Waals surface area (Å²) < 4.78 is 3.69. The van der Waals surface area contributed by atoms with Crippen LogP contribution in [0.5, 0.6) is 5.75 Å². The highest BCUT2D eigenvalue weighted by Crippen LogP contribution is 2.22. The fourth-order valence-electron chi connectivity index (χ4n) is 4.17. The molecule has 4 aromatic rings. The summed E-state index contributed by atoms with van der Waals surface area (Å²) in [6.45, 7) is 4.28. The summed E-state index contributed by atoms with van der Waals surface area (Å²) in [4.78, 5) is 15.2. The molecule has 1 N–H and O–H groups in total. The Bertz CT molecular complexity index is 1230. The molecule has 0 saturated carbocycles. The zero-order valence-electron chi connectivity index (χ0n) is 16.7. The van der Waals surface area contributed by atoms with Gasteiger partial charge in [0.1, 0.15) is 5.75 Å². The van der Waals surface area contributed by atoms with E-state index in [4.69, 9.17) is 0 Å². The predicted molar refractivity (Wildman–Crippen MR) is 118 cm³/mol. The Morgan fingerprint density at radius 1 is 0.900 bits per heavy atom. The van der Waals surface area contributed by atoms with Crippen molar-refractivity contribution in [1.82, 2.24) is 19.2 Å². The molecule has 30 heavy (non-hydrogen) atoms. The average molecular weight is 400 g/mol. The molecule has 2 aromatic heterocycles. The van der Waals surface area contributed by atoms with Crippen LogP contribution in [-0.4, -0.2) is 44.0 Å². The third-order valence-electron chi connectivity index (χ3n) is 5.85. The van der Waals surface area contributed by atoms with E-state index < -0.39 is 0 Å². The largest absolute Gasteiger partial charge is 0.508 e. The van der Waals surface area contributed by atoms with Crippen molar-refractivity contribution in [3.8, 4) is 22.6 Å². The minimum Gasteiger partial charge on any atom is -0.508 e. The molecule has 0 radical (unpaired) electrons. The molecule has 0 unspecified atom stereocenters. The number of hydrogen-bond donors (Lipinski definition) is 1. The Morgan fingerprint density at radius 2 is 1.70 bits per heavy atom. The number of nitrogens with zero attached hydrogens (tertiary/aromatic N) is 4. The van der Waals surface area contributed by atoms with E-state index in [0.717, 1.165) is 40.8 Å². The van der Waals surface area contributed by atoms with Crippen molar-refractivity contribution in [3.05, 3.63) is 77.3 Å². The van der Waals surface area contributed by atoms with Gasteiger partial charge in [-0.15, -0.1) is 0 Å². The number of aromatic hydroxyl groups is 1. The summed E-state index contributed by atoms with van der Waals surface area (Å²) in [5.74, 6) is 0.210. The SMILES string of the molecule is O=c1cc(-c2ccc(O)cc2)ccn1-c1ccc2c(cnn2CCN2CCCC2)c1. The number of hydrogen-bond acceptors (Lipinski definition) is 4. The summed E-state index contributed by atoms with van der Waals surface area (Å²) in [6.07, 6.45) is 6.26. The van der Waals surface area contributed by atoms with Gasteiger partial charge in [0, 0.05) is 29.9 Å². The summed E-state index contributed by atoms with van der Waals surface area (Å²) in [6, 6.07) is 16.4. The van der Waals surface area contributed by atoms with Gasteiger partial charge in [-0.2, -0.15) is 5.10 Å². The maximum atomic E-state index is 12.8. The number of aromatic nitrogens is 3. The summed E-state index contributed by atoms with van der Waals surface area (Å²) in [7, 11) is 0. The van der Waals surface area contributed by atoms with E-state index in [9.17, 15) is 9.90 Å². The third-order valence-corrected chi connectivity index (χ3v) is 5.85. The number of rotatable bonds is 5. The topological polar surface area (TPSA) is 63.3 Å². The van der Waals surface area contributed by atoms with E-state index in [2.05, 4.69) is 10.00 Å². The minimum absolute atomic E-state index is 0.0960. The van der Waals surface area contributed by atoms with Crippen LogP contribution in [0, 0.1) is 0 Å². The van der Waals surface area contributed by atoms with E-state index in [0.29, 0.717) is 0 Å². The highest BCUT2D eigenvalue weighted by Gasteiger charge is 2.12.